The molecule has 0 saturated carbocycles. The Bertz CT molecular complexity index is 876. The largest absolute Gasteiger partial charge is 0.325 e. The number of imide groups is 1. The van der Waals surface area contributed by atoms with Gasteiger partial charge in [-0.2, -0.15) is 0 Å². The molecule has 27 heavy (non-hydrogen) atoms. The smallest absolute Gasteiger partial charge is 0.321 e. The molecule has 3 rings (SSSR count). The molecular weight excluding hydrogens is 370 g/mol. The molecule has 0 bridgehead atoms. The second kappa shape index (κ2) is 7.77. The van der Waals surface area contributed by atoms with Gasteiger partial charge in [0.1, 0.15) is 5.54 Å². The van der Waals surface area contributed by atoms with Gasteiger partial charge >= 0.3 is 6.03 Å². The van der Waals surface area contributed by atoms with E-state index in [1.807, 2.05) is 30.3 Å². The summed E-state index contributed by atoms with van der Waals surface area (Å²) < 4.78 is 4.91. The molecule has 0 radical (unpaired) electrons. The molecule has 1 heterocycles. The number of nitro benzene ring substituents is 1. The molecule has 2 aromatic carbocycles. The molecule has 3 amide bonds. The Labute approximate surface area is 160 Å². The van der Waals surface area contributed by atoms with Crippen molar-refractivity contribution < 1.29 is 18.7 Å². The molecule has 1 N–H and O–H groups in total. The Morgan fingerprint density at radius 2 is 1.81 bits per heavy atom. The summed E-state index contributed by atoms with van der Waals surface area (Å²) in [5.74, 6) is -0.461. The van der Waals surface area contributed by atoms with Gasteiger partial charge in [0.2, 0.25) is 0 Å². The molecule has 9 heteroatoms. The molecule has 1 aliphatic rings. The van der Waals surface area contributed by atoms with Crippen LogP contribution in [0.4, 0.5) is 10.5 Å². The minimum Gasteiger partial charge on any atom is -0.321 e. The van der Waals surface area contributed by atoms with Gasteiger partial charge in [0.15, 0.2) is 0 Å². The quantitative estimate of drug-likeness (QED) is 0.250. The molecule has 0 aliphatic carbocycles. The number of hydrogen-bond donors (Lipinski definition) is 2. The first-order valence-corrected chi connectivity index (χ1v) is 8.49. The van der Waals surface area contributed by atoms with Crippen LogP contribution in [0.25, 0.3) is 0 Å². The number of non-ortho nitro benzene ring substituents is 1. The predicted octanol–water partition coefficient (Wildman–Crippen LogP) is 2.49. The van der Waals surface area contributed by atoms with E-state index in [1.165, 1.54) is 18.2 Å². The van der Waals surface area contributed by atoms with E-state index in [0.717, 1.165) is 10.5 Å². The normalized spacial score (nSPS) is 19.2. The van der Waals surface area contributed by atoms with Gasteiger partial charge in [0.25, 0.3) is 11.6 Å². The van der Waals surface area contributed by atoms with Crippen molar-refractivity contribution in [3.8, 4) is 0 Å². The summed E-state index contributed by atoms with van der Waals surface area (Å²) in [5, 5.41) is 13.6. The summed E-state index contributed by atoms with van der Waals surface area (Å²) in [7, 11) is 0. The predicted molar refractivity (Wildman–Crippen MR) is 100.0 cm³/mol. The molecule has 1 unspecified atom stereocenters. The van der Waals surface area contributed by atoms with E-state index in [1.54, 1.807) is 6.07 Å². The number of urea groups is 1. The lowest BCUT2D eigenvalue weighted by atomic mass is 9.91. The Morgan fingerprint density at radius 1 is 1.11 bits per heavy atom. The van der Waals surface area contributed by atoms with Crippen LogP contribution in [0.2, 0.25) is 0 Å². The molecule has 1 fully saturated rings. The summed E-state index contributed by atoms with van der Waals surface area (Å²) in [4.78, 5) is 37.0. The SMILES string of the molecule is O=C1NC(COS)(Cc2ccccc2)C(=O)N1Cc1cccc([N+](=O)[O-])c1. The third-order valence-corrected chi connectivity index (χ3v) is 4.50. The lowest BCUT2D eigenvalue weighted by Crippen LogP contribution is -2.52. The van der Waals surface area contributed by atoms with E-state index in [-0.39, 0.29) is 25.3 Å². The summed E-state index contributed by atoms with van der Waals surface area (Å²) in [6.45, 7) is -0.184. The maximum absolute atomic E-state index is 13.1. The van der Waals surface area contributed by atoms with E-state index < -0.39 is 22.4 Å². The topological polar surface area (TPSA) is 102 Å². The van der Waals surface area contributed by atoms with Gasteiger partial charge in [-0.05, 0) is 24.0 Å². The van der Waals surface area contributed by atoms with Crippen molar-refractivity contribution in [2.24, 2.45) is 0 Å². The monoisotopic (exact) mass is 387 g/mol. The summed E-state index contributed by atoms with van der Waals surface area (Å²) >= 11 is 3.75. The zero-order chi connectivity index (χ0) is 19.4. The van der Waals surface area contributed by atoms with Gasteiger partial charge < -0.3 is 9.50 Å². The minimum absolute atomic E-state index is 0.0740. The first kappa shape index (κ1) is 18.9. The van der Waals surface area contributed by atoms with Crippen LogP contribution < -0.4 is 5.32 Å². The van der Waals surface area contributed by atoms with Crippen molar-refractivity contribution in [2.75, 3.05) is 6.61 Å². The molecule has 1 atom stereocenters. The van der Waals surface area contributed by atoms with E-state index in [4.69, 9.17) is 4.18 Å². The highest BCUT2D eigenvalue weighted by Gasteiger charge is 2.51. The highest BCUT2D eigenvalue weighted by Crippen LogP contribution is 2.26. The van der Waals surface area contributed by atoms with Crippen LogP contribution in [0.5, 0.6) is 0 Å². The van der Waals surface area contributed by atoms with Crippen LogP contribution in [0.1, 0.15) is 11.1 Å². The van der Waals surface area contributed by atoms with E-state index in [2.05, 4.69) is 18.2 Å². The van der Waals surface area contributed by atoms with Crippen LogP contribution >= 0.6 is 12.9 Å². The number of hydrogen-bond acceptors (Lipinski definition) is 6. The second-order valence-corrected chi connectivity index (χ2v) is 6.52. The van der Waals surface area contributed by atoms with E-state index in [9.17, 15) is 19.7 Å². The first-order valence-electron chi connectivity index (χ1n) is 8.13. The molecule has 0 aromatic heterocycles. The molecule has 1 saturated heterocycles. The Balaban J connectivity index is 1.85. The molecule has 2 aromatic rings. The highest BCUT2D eigenvalue weighted by atomic mass is 32.1. The van der Waals surface area contributed by atoms with Crippen molar-refractivity contribution in [3.63, 3.8) is 0 Å². The number of carbonyl (C=O) groups is 2. The zero-order valence-corrected chi connectivity index (χ0v) is 15.1. The Hall–Kier alpha value is -2.91. The second-order valence-electron chi connectivity index (χ2n) is 6.27. The molecule has 140 valence electrons. The van der Waals surface area contributed by atoms with Crippen molar-refractivity contribution in [1.82, 2.24) is 10.2 Å². The van der Waals surface area contributed by atoms with Gasteiger partial charge in [-0.1, -0.05) is 42.5 Å². The number of amides is 3. The van der Waals surface area contributed by atoms with Gasteiger partial charge in [0, 0.05) is 18.6 Å². The maximum atomic E-state index is 13.1. The molecule has 8 nitrogen and oxygen atoms in total. The number of rotatable bonds is 7. The fourth-order valence-electron chi connectivity index (χ4n) is 3.09. The zero-order valence-electron chi connectivity index (χ0n) is 14.2. The van der Waals surface area contributed by atoms with E-state index >= 15 is 0 Å². The Kier molecular flexibility index (Phi) is 5.43. The fraction of sp³-hybridized carbons (Fsp3) is 0.222. The van der Waals surface area contributed by atoms with Crippen LogP contribution in [-0.2, 0) is 21.9 Å². The van der Waals surface area contributed by atoms with Crippen LogP contribution in [0.15, 0.2) is 54.6 Å². The highest BCUT2D eigenvalue weighted by molar-refractivity contribution is 7.75. The molecule has 0 spiro atoms. The van der Waals surface area contributed by atoms with Gasteiger partial charge in [-0.25, -0.2) is 4.79 Å². The lowest BCUT2D eigenvalue weighted by Gasteiger charge is -2.25. The lowest BCUT2D eigenvalue weighted by molar-refractivity contribution is -0.384. The number of nitro groups is 1. The number of nitrogens with one attached hydrogen (secondary N) is 1. The van der Waals surface area contributed by atoms with Gasteiger partial charge in [-0.15, -0.1) is 0 Å². The number of thiol groups is 1. The standard InChI is InChI=1S/C18H17N3O5S/c22-16-18(12-26-27,10-13-5-2-1-3-6-13)19-17(23)20(16)11-14-7-4-8-15(9-14)21(24)25/h1-9,27H,10-12H2,(H,19,23). The molecule has 1 aliphatic heterocycles. The summed E-state index contributed by atoms with van der Waals surface area (Å²) in [6.07, 6.45) is 0.240. The number of carbonyl (C=O) groups excluding carboxylic acids is 2. The third kappa shape index (κ3) is 3.93. The number of nitrogens with zero attached hydrogens (tertiary/aromatic N) is 2. The Morgan fingerprint density at radius 3 is 2.48 bits per heavy atom. The minimum atomic E-state index is -1.28. The van der Waals surface area contributed by atoms with Crippen molar-refractivity contribution >= 4 is 30.5 Å². The van der Waals surface area contributed by atoms with Gasteiger partial charge in [-0.3, -0.25) is 19.8 Å². The maximum Gasteiger partial charge on any atom is 0.325 e. The van der Waals surface area contributed by atoms with Crippen molar-refractivity contribution in [3.05, 3.63) is 75.8 Å². The van der Waals surface area contributed by atoms with Crippen LogP contribution in [-0.4, -0.2) is 33.9 Å². The van der Waals surface area contributed by atoms with E-state index in [0.29, 0.717) is 5.56 Å². The number of benzene rings is 2. The van der Waals surface area contributed by atoms with Crippen molar-refractivity contribution in [1.29, 1.82) is 0 Å². The first-order chi connectivity index (χ1) is 12.9. The average molecular weight is 387 g/mol. The van der Waals surface area contributed by atoms with Crippen LogP contribution in [0, 0.1) is 10.1 Å². The van der Waals surface area contributed by atoms with Crippen LogP contribution in [0.3, 0.4) is 0 Å². The average Bonchev–Trinajstić information content (AvgIpc) is 2.87. The summed E-state index contributed by atoms with van der Waals surface area (Å²) in [6, 6.07) is 14.5. The van der Waals surface area contributed by atoms with Crippen molar-refractivity contribution in [2.45, 2.75) is 18.5 Å². The summed E-state index contributed by atoms with van der Waals surface area (Å²) in [5.41, 5.74) is -0.0431. The third-order valence-electron chi connectivity index (χ3n) is 4.37. The van der Waals surface area contributed by atoms with Gasteiger partial charge in [0.05, 0.1) is 18.1 Å². The molecular formula is C18H17N3O5S. The fourth-order valence-corrected chi connectivity index (χ4v) is 3.31.